The number of thioether (sulfide) groups is 1. The molecule has 5 nitrogen and oxygen atoms in total. The smallest absolute Gasteiger partial charge is 0.210 e. The highest BCUT2D eigenvalue weighted by Crippen LogP contribution is 2.36. The molecule has 0 spiro atoms. The van der Waals surface area contributed by atoms with E-state index >= 15 is 0 Å². The van der Waals surface area contributed by atoms with Gasteiger partial charge in [0, 0.05) is 6.42 Å². The third kappa shape index (κ3) is 3.04. The number of Topliss-reactive ketones (excluding diaryl/α,β-unsaturated/α-hetero) is 1. The molecule has 3 rings (SSSR count). The maximum absolute atomic E-state index is 13.4. The van der Waals surface area contributed by atoms with E-state index in [2.05, 4.69) is 15.5 Å². The average Bonchev–Trinajstić information content (AvgIpc) is 3.18. The van der Waals surface area contributed by atoms with Gasteiger partial charge in [0.1, 0.15) is 11.6 Å². The largest absolute Gasteiger partial charge is 0.298 e. The summed E-state index contributed by atoms with van der Waals surface area (Å²) in [4.78, 5) is 11.9. The minimum absolute atomic E-state index is 0.0366. The first-order valence-corrected chi connectivity index (χ1v) is 7.38. The van der Waals surface area contributed by atoms with Gasteiger partial charge in [-0.15, -0.1) is 5.10 Å². The number of halogens is 1. The number of hydrogen-bond donors (Lipinski definition) is 0. The summed E-state index contributed by atoms with van der Waals surface area (Å²) < 4.78 is 15.2. The van der Waals surface area contributed by atoms with E-state index in [1.54, 1.807) is 22.9 Å². The quantitative estimate of drug-likeness (QED) is 0.763. The van der Waals surface area contributed by atoms with Crippen LogP contribution in [0.1, 0.15) is 24.4 Å². The van der Waals surface area contributed by atoms with Gasteiger partial charge in [-0.1, -0.05) is 30.0 Å². The lowest BCUT2D eigenvalue weighted by Crippen LogP contribution is -2.08. The summed E-state index contributed by atoms with van der Waals surface area (Å²) in [5.41, 5.74) is 0.430. The van der Waals surface area contributed by atoms with Crippen molar-refractivity contribution < 1.29 is 9.18 Å². The molecule has 1 heterocycles. The van der Waals surface area contributed by atoms with Crippen LogP contribution in [-0.2, 0) is 11.2 Å². The highest BCUT2D eigenvalue weighted by Gasteiger charge is 2.28. The Kier molecular flexibility index (Phi) is 3.77. The number of carbonyl (C=O) groups is 1. The van der Waals surface area contributed by atoms with Crippen LogP contribution in [0.2, 0.25) is 0 Å². The Bertz CT molecular complexity index is 626. The average molecular weight is 292 g/mol. The number of hydrogen-bond acceptors (Lipinski definition) is 5. The van der Waals surface area contributed by atoms with Crippen molar-refractivity contribution in [3.05, 3.63) is 35.6 Å². The second-order valence-corrected chi connectivity index (χ2v) is 5.68. The number of aromatic nitrogens is 4. The van der Waals surface area contributed by atoms with Crippen molar-refractivity contribution in [1.82, 2.24) is 20.2 Å². The van der Waals surface area contributed by atoms with E-state index in [0.717, 1.165) is 12.8 Å². The molecule has 1 aromatic heterocycles. The van der Waals surface area contributed by atoms with E-state index in [1.165, 1.54) is 17.8 Å². The SMILES string of the molecule is O=C(CSc1nnnn1C1CC1)Cc1ccccc1F. The molecule has 0 atom stereocenters. The molecule has 7 heteroatoms. The zero-order chi connectivity index (χ0) is 13.9. The first kappa shape index (κ1) is 13.2. The van der Waals surface area contributed by atoms with Crippen LogP contribution in [0.5, 0.6) is 0 Å². The van der Waals surface area contributed by atoms with Crippen LogP contribution < -0.4 is 0 Å². The minimum atomic E-state index is -0.339. The number of rotatable bonds is 6. The van der Waals surface area contributed by atoms with Crippen molar-refractivity contribution in [2.75, 3.05) is 5.75 Å². The molecule has 0 saturated heterocycles. The second kappa shape index (κ2) is 5.70. The molecular weight excluding hydrogens is 279 g/mol. The monoisotopic (exact) mass is 292 g/mol. The lowest BCUT2D eigenvalue weighted by atomic mass is 10.1. The predicted octanol–water partition coefficient (Wildman–Crippen LogP) is 2.05. The fraction of sp³-hybridized carbons (Fsp3) is 0.385. The van der Waals surface area contributed by atoms with E-state index < -0.39 is 0 Å². The van der Waals surface area contributed by atoms with Crippen LogP contribution in [0.25, 0.3) is 0 Å². The molecule has 1 aliphatic rings. The zero-order valence-corrected chi connectivity index (χ0v) is 11.5. The maximum atomic E-state index is 13.4. The Hall–Kier alpha value is -1.76. The van der Waals surface area contributed by atoms with Crippen molar-refractivity contribution in [1.29, 1.82) is 0 Å². The van der Waals surface area contributed by atoms with Gasteiger partial charge in [-0.2, -0.15) is 0 Å². The first-order valence-electron chi connectivity index (χ1n) is 6.40. The molecule has 0 amide bonds. The van der Waals surface area contributed by atoms with Gasteiger partial charge in [-0.25, -0.2) is 9.07 Å². The topological polar surface area (TPSA) is 60.7 Å². The lowest BCUT2D eigenvalue weighted by molar-refractivity contribution is -0.116. The van der Waals surface area contributed by atoms with Crippen LogP contribution in [0.3, 0.4) is 0 Å². The lowest BCUT2D eigenvalue weighted by Gasteiger charge is -2.03. The summed E-state index contributed by atoms with van der Waals surface area (Å²) in [7, 11) is 0. The van der Waals surface area contributed by atoms with E-state index in [4.69, 9.17) is 0 Å². The van der Waals surface area contributed by atoms with Crippen LogP contribution in [0.4, 0.5) is 4.39 Å². The van der Waals surface area contributed by atoms with Gasteiger partial charge in [0.25, 0.3) is 0 Å². The number of carbonyl (C=O) groups excluding carboxylic acids is 1. The fourth-order valence-corrected chi connectivity index (χ4v) is 2.68. The van der Waals surface area contributed by atoms with Gasteiger partial charge < -0.3 is 0 Å². The summed E-state index contributed by atoms with van der Waals surface area (Å²) in [5.74, 6) is -0.124. The van der Waals surface area contributed by atoms with E-state index in [-0.39, 0.29) is 23.8 Å². The van der Waals surface area contributed by atoms with Crippen molar-refractivity contribution in [2.45, 2.75) is 30.5 Å². The number of benzene rings is 1. The van der Waals surface area contributed by atoms with Gasteiger partial charge in [0.2, 0.25) is 5.16 Å². The van der Waals surface area contributed by atoms with E-state index in [0.29, 0.717) is 16.8 Å². The molecule has 0 N–H and O–H groups in total. The molecule has 0 unspecified atom stereocenters. The van der Waals surface area contributed by atoms with Gasteiger partial charge >= 0.3 is 0 Å². The standard InChI is InChI=1S/C13H13FN4OS/c14-12-4-2-1-3-9(12)7-11(19)8-20-13-15-16-17-18(13)10-5-6-10/h1-4,10H,5-8H2. The van der Waals surface area contributed by atoms with Crippen molar-refractivity contribution in [3.63, 3.8) is 0 Å². The predicted molar refractivity (Wildman–Crippen MR) is 71.9 cm³/mol. The van der Waals surface area contributed by atoms with Crippen LogP contribution in [-0.4, -0.2) is 31.7 Å². The summed E-state index contributed by atoms with van der Waals surface area (Å²) in [5, 5.41) is 12.1. The third-order valence-corrected chi connectivity index (χ3v) is 4.06. The van der Waals surface area contributed by atoms with E-state index in [9.17, 15) is 9.18 Å². The van der Waals surface area contributed by atoms with Crippen molar-refractivity contribution in [3.8, 4) is 0 Å². The van der Waals surface area contributed by atoms with Gasteiger partial charge in [0.15, 0.2) is 0 Å². The molecule has 1 aliphatic carbocycles. The molecule has 0 bridgehead atoms. The summed E-state index contributed by atoms with van der Waals surface area (Å²) in [6.07, 6.45) is 2.27. The second-order valence-electron chi connectivity index (χ2n) is 4.73. The molecular formula is C13H13FN4OS. The summed E-state index contributed by atoms with van der Waals surface area (Å²) in [6.45, 7) is 0. The summed E-state index contributed by atoms with van der Waals surface area (Å²) in [6, 6.07) is 6.72. The van der Waals surface area contributed by atoms with Crippen LogP contribution in [0.15, 0.2) is 29.4 Å². The van der Waals surface area contributed by atoms with Gasteiger partial charge in [-0.05, 0) is 34.9 Å². The molecule has 0 aliphatic heterocycles. The Labute approximate surface area is 119 Å². The third-order valence-electron chi connectivity index (χ3n) is 3.06. The highest BCUT2D eigenvalue weighted by molar-refractivity contribution is 7.99. The molecule has 20 heavy (non-hydrogen) atoms. The van der Waals surface area contributed by atoms with Crippen molar-refractivity contribution >= 4 is 17.5 Å². The molecule has 1 fully saturated rings. The molecule has 1 saturated carbocycles. The molecule has 2 aromatic rings. The van der Waals surface area contributed by atoms with Crippen molar-refractivity contribution in [2.24, 2.45) is 0 Å². The number of ketones is 1. The first-order chi connectivity index (χ1) is 9.74. The Balaban J connectivity index is 1.57. The van der Waals surface area contributed by atoms with Crippen LogP contribution in [0, 0.1) is 5.82 Å². The normalized spacial score (nSPS) is 14.4. The Morgan fingerprint density at radius 3 is 2.95 bits per heavy atom. The Morgan fingerprint density at radius 2 is 2.20 bits per heavy atom. The number of tetrazole rings is 1. The number of nitrogens with zero attached hydrogens (tertiary/aromatic N) is 4. The minimum Gasteiger partial charge on any atom is -0.298 e. The fourth-order valence-electron chi connectivity index (χ4n) is 1.88. The van der Waals surface area contributed by atoms with Crippen LogP contribution >= 0.6 is 11.8 Å². The molecule has 1 aromatic carbocycles. The van der Waals surface area contributed by atoms with Gasteiger partial charge in [-0.3, -0.25) is 4.79 Å². The zero-order valence-electron chi connectivity index (χ0n) is 10.7. The maximum Gasteiger partial charge on any atom is 0.210 e. The summed E-state index contributed by atoms with van der Waals surface area (Å²) >= 11 is 1.31. The molecule has 0 radical (unpaired) electrons. The van der Waals surface area contributed by atoms with Gasteiger partial charge in [0.05, 0.1) is 11.8 Å². The highest BCUT2D eigenvalue weighted by atomic mass is 32.2. The molecule has 104 valence electrons. The Morgan fingerprint density at radius 1 is 1.40 bits per heavy atom. The van der Waals surface area contributed by atoms with E-state index in [1.807, 2.05) is 0 Å².